The van der Waals surface area contributed by atoms with Crippen LogP contribution >= 0.6 is 0 Å². The molecule has 0 bridgehead atoms. The number of phenols is 1. The summed E-state index contributed by atoms with van der Waals surface area (Å²) in [5.41, 5.74) is 1.56. The van der Waals surface area contributed by atoms with Crippen LogP contribution in [0.15, 0.2) is 64.0 Å². The van der Waals surface area contributed by atoms with Crippen molar-refractivity contribution in [2.45, 2.75) is 0 Å². The zero-order valence-corrected chi connectivity index (χ0v) is 11.0. The third kappa shape index (κ3) is 2.92. The number of hydrogen-bond donors (Lipinski definition) is 2. The zero-order chi connectivity index (χ0) is 14.7. The number of phenolic OH excluding ortho intramolecular Hbond substituents is 1. The number of aromatic nitrogens is 1. The van der Waals surface area contributed by atoms with Gasteiger partial charge in [0.25, 0.3) is 0 Å². The first-order valence-corrected chi connectivity index (χ1v) is 6.31. The molecule has 0 saturated heterocycles. The smallest absolute Gasteiger partial charge is 0.312 e. The maximum atomic E-state index is 9.76. The number of rotatable bonds is 3. The first kappa shape index (κ1) is 12.9. The number of aliphatic imine (C=N–C) groups is 1. The van der Waals surface area contributed by atoms with Crippen LogP contribution in [-0.4, -0.2) is 21.4 Å². The van der Waals surface area contributed by atoms with E-state index in [9.17, 15) is 10.2 Å². The molecule has 1 heterocycles. The summed E-state index contributed by atoms with van der Waals surface area (Å²) < 4.78 is 5.22. The highest BCUT2D eigenvalue weighted by molar-refractivity contribution is 5.83. The average Bonchev–Trinajstić information content (AvgIpc) is 2.87. The lowest BCUT2D eigenvalue weighted by Gasteiger charge is -1.93. The molecule has 5 heteroatoms. The van der Waals surface area contributed by atoms with Crippen LogP contribution in [0.25, 0.3) is 11.5 Å². The fourth-order valence-corrected chi connectivity index (χ4v) is 1.82. The van der Waals surface area contributed by atoms with Crippen LogP contribution in [0.1, 0.15) is 5.69 Å². The van der Waals surface area contributed by atoms with Gasteiger partial charge in [-0.3, -0.25) is 4.99 Å². The predicted molar refractivity (Wildman–Crippen MR) is 79.0 cm³/mol. The molecule has 0 amide bonds. The first-order chi connectivity index (χ1) is 10.2. The Morgan fingerprint density at radius 1 is 1.00 bits per heavy atom. The number of benzene rings is 2. The van der Waals surface area contributed by atoms with Crippen LogP contribution in [0, 0.1) is 0 Å². The van der Waals surface area contributed by atoms with Crippen LogP contribution < -0.4 is 0 Å². The maximum Gasteiger partial charge on any atom is 0.312 e. The second kappa shape index (κ2) is 5.50. The Bertz CT molecular complexity index is 779. The van der Waals surface area contributed by atoms with E-state index in [1.54, 1.807) is 18.2 Å². The van der Waals surface area contributed by atoms with Gasteiger partial charge in [-0.25, -0.2) is 4.98 Å². The molecule has 2 aromatic carbocycles. The molecule has 2 N–H and O–H groups in total. The van der Waals surface area contributed by atoms with Gasteiger partial charge in [0.2, 0.25) is 5.89 Å². The first-order valence-electron chi connectivity index (χ1n) is 6.31. The number of oxazole rings is 1. The van der Waals surface area contributed by atoms with Crippen LogP contribution in [-0.2, 0) is 0 Å². The summed E-state index contributed by atoms with van der Waals surface area (Å²) in [5.74, 6) is 0.155. The molecule has 5 nitrogen and oxygen atoms in total. The number of aromatic hydroxyl groups is 2. The van der Waals surface area contributed by atoms with Gasteiger partial charge in [0.05, 0.1) is 11.9 Å². The summed E-state index contributed by atoms with van der Waals surface area (Å²) in [6.45, 7) is 0. The minimum Gasteiger partial charge on any atom is -0.508 e. The van der Waals surface area contributed by atoms with Crippen molar-refractivity contribution in [1.82, 2.24) is 4.98 Å². The van der Waals surface area contributed by atoms with E-state index in [1.807, 2.05) is 30.3 Å². The van der Waals surface area contributed by atoms with Gasteiger partial charge < -0.3 is 14.6 Å². The van der Waals surface area contributed by atoms with Crippen molar-refractivity contribution in [2.24, 2.45) is 4.99 Å². The van der Waals surface area contributed by atoms with E-state index in [1.165, 1.54) is 12.3 Å². The van der Waals surface area contributed by atoms with Gasteiger partial charge in [0, 0.05) is 11.6 Å². The molecule has 0 spiro atoms. The molecule has 1 aromatic heterocycles. The monoisotopic (exact) mass is 280 g/mol. The fourth-order valence-electron chi connectivity index (χ4n) is 1.82. The second-order valence-corrected chi connectivity index (χ2v) is 4.35. The highest BCUT2D eigenvalue weighted by Crippen LogP contribution is 2.26. The van der Waals surface area contributed by atoms with E-state index in [0.717, 1.165) is 5.56 Å². The summed E-state index contributed by atoms with van der Waals surface area (Å²) >= 11 is 0. The number of hydrogen-bond acceptors (Lipinski definition) is 5. The van der Waals surface area contributed by atoms with Crippen molar-refractivity contribution in [3.05, 3.63) is 60.3 Å². The van der Waals surface area contributed by atoms with Gasteiger partial charge in [0.1, 0.15) is 5.75 Å². The lowest BCUT2D eigenvalue weighted by molar-refractivity contribution is 0.337. The molecule has 0 radical (unpaired) electrons. The molecule has 0 aliphatic carbocycles. The third-order valence-corrected chi connectivity index (χ3v) is 2.82. The van der Waals surface area contributed by atoms with Crippen molar-refractivity contribution in [1.29, 1.82) is 0 Å². The molecule has 21 heavy (non-hydrogen) atoms. The van der Waals surface area contributed by atoms with Crippen LogP contribution in [0.5, 0.6) is 11.7 Å². The summed E-state index contributed by atoms with van der Waals surface area (Å²) in [5, 5.41) is 19.1. The largest absolute Gasteiger partial charge is 0.508 e. The van der Waals surface area contributed by atoms with Gasteiger partial charge >= 0.3 is 5.95 Å². The lowest BCUT2D eigenvalue weighted by atomic mass is 10.2. The van der Waals surface area contributed by atoms with E-state index in [0.29, 0.717) is 11.6 Å². The maximum absolute atomic E-state index is 9.76. The Labute approximate surface area is 120 Å². The highest BCUT2D eigenvalue weighted by Gasteiger charge is 2.11. The van der Waals surface area contributed by atoms with Gasteiger partial charge in [0.15, 0.2) is 5.69 Å². The molecular formula is C16H12N2O3. The normalized spacial score (nSPS) is 11.0. The minimum absolute atomic E-state index is 0.124. The summed E-state index contributed by atoms with van der Waals surface area (Å²) in [6, 6.07) is 15.7. The molecule has 104 valence electrons. The van der Waals surface area contributed by atoms with Gasteiger partial charge in [-0.05, 0) is 24.3 Å². The third-order valence-electron chi connectivity index (χ3n) is 2.82. The lowest BCUT2D eigenvalue weighted by Crippen LogP contribution is -1.82. The van der Waals surface area contributed by atoms with Crippen molar-refractivity contribution in [3.63, 3.8) is 0 Å². The highest BCUT2D eigenvalue weighted by atomic mass is 16.5. The molecular weight excluding hydrogens is 268 g/mol. The van der Waals surface area contributed by atoms with Crippen LogP contribution in [0.2, 0.25) is 0 Å². The Kier molecular flexibility index (Phi) is 3.39. The van der Waals surface area contributed by atoms with Gasteiger partial charge in [-0.1, -0.05) is 24.3 Å². The van der Waals surface area contributed by atoms with Crippen molar-refractivity contribution >= 4 is 11.9 Å². The number of nitrogens with zero attached hydrogens (tertiary/aromatic N) is 2. The van der Waals surface area contributed by atoms with E-state index >= 15 is 0 Å². The Hall–Kier alpha value is -3.08. The van der Waals surface area contributed by atoms with Crippen molar-refractivity contribution in [2.75, 3.05) is 0 Å². The molecule has 0 unspecified atom stereocenters. The summed E-state index contributed by atoms with van der Waals surface area (Å²) in [7, 11) is 0. The predicted octanol–water partition coefficient (Wildman–Crippen LogP) is 3.50. The Morgan fingerprint density at radius 3 is 2.57 bits per heavy atom. The van der Waals surface area contributed by atoms with Gasteiger partial charge in [-0.2, -0.15) is 0 Å². The van der Waals surface area contributed by atoms with Crippen molar-refractivity contribution < 1.29 is 14.6 Å². The van der Waals surface area contributed by atoms with Crippen molar-refractivity contribution in [3.8, 4) is 23.1 Å². The molecule has 3 aromatic rings. The van der Waals surface area contributed by atoms with E-state index in [4.69, 9.17) is 4.42 Å². The standard InChI is InChI=1S/C16H12N2O3/c19-13-8-4-7-12(9-13)17-10-14-16(20)21-15(18-14)11-5-2-1-3-6-11/h1-10,19-20H. The minimum atomic E-state index is -0.294. The molecule has 0 fully saturated rings. The molecule has 0 atom stereocenters. The Morgan fingerprint density at radius 2 is 1.81 bits per heavy atom. The summed E-state index contributed by atoms with van der Waals surface area (Å²) in [6.07, 6.45) is 1.39. The fraction of sp³-hybridized carbons (Fsp3) is 0. The van der Waals surface area contributed by atoms with Crippen LogP contribution in [0.4, 0.5) is 5.69 Å². The molecule has 0 aliphatic rings. The van der Waals surface area contributed by atoms with Crippen LogP contribution in [0.3, 0.4) is 0 Å². The molecule has 0 saturated carbocycles. The quantitative estimate of drug-likeness (QED) is 0.720. The Balaban J connectivity index is 1.88. The topological polar surface area (TPSA) is 78.9 Å². The van der Waals surface area contributed by atoms with Gasteiger partial charge in [-0.15, -0.1) is 0 Å². The van der Waals surface area contributed by atoms with E-state index in [-0.39, 0.29) is 17.4 Å². The van der Waals surface area contributed by atoms with E-state index in [2.05, 4.69) is 9.98 Å². The zero-order valence-electron chi connectivity index (χ0n) is 11.0. The van der Waals surface area contributed by atoms with E-state index < -0.39 is 0 Å². The average molecular weight is 280 g/mol. The second-order valence-electron chi connectivity index (χ2n) is 4.35. The summed E-state index contributed by atoms with van der Waals surface area (Å²) in [4.78, 5) is 8.33. The molecule has 0 aliphatic heterocycles. The SMILES string of the molecule is Oc1cccc(N=Cc2nc(-c3ccccc3)oc2O)c1. The molecule has 3 rings (SSSR count).